The Balaban J connectivity index is 1.49. The van der Waals surface area contributed by atoms with Crippen molar-refractivity contribution in [3.05, 3.63) is 41.7 Å². The second-order valence-electron chi connectivity index (χ2n) is 13.5. The summed E-state index contributed by atoms with van der Waals surface area (Å²) in [5, 5.41) is 33.6. The second kappa shape index (κ2) is 10.1. The molecule has 214 valence electrons. The summed E-state index contributed by atoms with van der Waals surface area (Å²) in [6, 6.07) is 3.76. The highest BCUT2D eigenvalue weighted by molar-refractivity contribution is 5.95. The van der Waals surface area contributed by atoms with Crippen molar-refractivity contribution < 1.29 is 24.9 Å². The first kappa shape index (κ1) is 28.4. The van der Waals surface area contributed by atoms with E-state index in [1.54, 1.807) is 12.3 Å². The first-order chi connectivity index (χ1) is 18.4. The number of carbonyl (C=O) groups is 2. The fourth-order valence-electron chi connectivity index (χ4n) is 8.50. The topological polar surface area (TPSA) is 111 Å². The van der Waals surface area contributed by atoms with E-state index in [2.05, 4.69) is 32.7 Å². The Labute approximate surface area is 232 Å². The molecule has 7 nitrogen and oxygen atoms in total. The zero-order chi connectivity index (χ0) is 28.3. The van der Waals surface area contributed by atoms with E-state index >= 15 is 0 Å². The fourth-order valence-corrected chi connectivity index (χ4v) is 8.50. The normalized spacial score (nSPS) is 39.7. The van der Waals surface area contributed by atoms with Gasteiger partial charge in [-0.1, -0.05) is 33.8 Å². The molecule has 2 unspecified atom stereocenters. The van der Waals surface area contributed by atoms with Gasteiger partial charge in [0.1, 0.15) is 0 Å². The molecule has 0 aliphatic heterocycles. The summed E-state index contributed by atoms with van der Waals surface area (Å²) >= 11 is 0. The minimum absolute atomic E-state index is 0.0394. The van der Waals surface area contributed by atoms with E-state index in [4.69, 9.17) is 0 Å². The third-order valence-electron chi connectivity index (χ3n) is 11.6. The van der Waals surface area contributed by atoms with E-state index < -0.39 is 28.6 Å². The van der Waals surface area contributed by atoms with Crippen LogP contribution in [-0.4, -0.2) is 60.7 Å². The fraction of sp³-hybridized carbons (Fsp3) is 0.719. The third-order valence-corrected chi connectivity index (χ3v) is 11.6. The van der Waals surface area contributed by atoms with Gasteiger partial charge in [-0.05, 0) is 92.4 Å². The van der Waals surface area contributed by atoms with E-state index in [-0.39, 0.29) is 47.8 Å². The Hall–Kier alpha value is -2.09. The van der Waals surface area contributed by atoms with Crippen molar-refractivity contribution in [1.82, 2.24) is 9.88 Å². The minimum atomic E-state index is -1.23. The van der Waals surface area contributed by atoms with Gasteiger partial charge in [-0.15, -0.1) is 0 Å². The number of amides is 1. The number of fused-ring (bicyclic) bond motifs is 3. The number of pyridine rings is 1. The zero-order valence-corrected chi connectivity index (χ0v) is 24.1. The van der Waals surface area contributed by atoms with Gasteiger partial charge in [-0.25, -0.2) is 0 Å². The Morgan fingerprint density at radius 1 is 1.15 bits per heavy atom. The van der Waals surface area contributed by atoms with E-state index in [1.807, 2.05) is 30.2 Å². The number of nitrogens with zero attached hydrogens (tertiary/aromatic N) is 2. The van der Waals surface area contributed by atoms with Crippen LogP contribution >= 0.6 is 0 Å². The molecule has 1 amide bonds. The molecule has 39 heavy (non-hydrogen) atoms. The number of aromatic nitrogens is 1. The maximum absolute atomic E-state index is 13.5. The number of aliphatic hydroxyl groups excluding tert-OH is 2. The summed E-state index contributed by atoms with van der Waals surface area (Å²) in [6.45, 7) is 10.9. The van der Waals surface area contributed by atoms with Crippen LogP contribution in [0.2, 0.25) is 0 Å². The number of allylic oxidation sites excluding steroid dienone is 1. The van der Waals surface area contributed by atoms with Crippen LogP contribution in [0, 0.1) is 34.5 Å². The van der Waals surface area contributed by atoms with Gasteiger partial charge in [0.2, 0.25) is 5.91 Å². The average Bonchev–Trinajstić information content (AvgIpc) is 3.76. The minimum Gasteiger partial charge on any atom is -0.390 e. The number of hydrogen-bond donors (Lipinski definition) is 3. The lowest BCUT2D eigenvalue weighted by Gasteiger charge is -2.62. The molecule has 0 bridgehead atoms. The zero-order valence-electron chi connectivity index (χ0n) is 24.1. The molecule has 3 N–H and O–H groups in total. The van der Waals surface area contributed by atoms with Gasteiger partial charge in [0.15, 0.2) is 5.78 Å². The molecule has 0 aromatic carbocycles. The maximum atomic E-state index is 13.5. The number of hydrogen-bond acceptors (Lipinski definition) is 6. The SMILES string of the molecule is CC[C@@]1(O)C2=CC(=O)[C@@H]3C[C@@H](O)[C@@H](O)C[C@]3(C)C2CC[C@]1(C)[C@H](C)C(C)N(Cc1cccnc1)C(=O)C1CC1. The Morgan fingerprint density at radius 3 is 2.49 bits per heavy atom. The van der Waals surface area contributed by atoms with Gasteiger partial charge in [0, 0.05) is 42.2 Å². The quantitative estimate of drug-likeness (QED) is 0.483. The van der Waals surface area contributed by atoms with Crippen molar-refractivity contribution in [3.8, 4) is 0 Å². The number of carbonyl (C=O) groups excluding carboxylic acids is 2. The average molecular weight is 539 g/mol. The van der Waals surface area contributed by atoms with Crippen molar-refractivity contribution in [2.24, 2.45) is 34.5 Å². The van der Waals surface area contributed by atoms with E-state index in [0.29, 0.717) is 19.4 Å². The highest BCUT2D eigenvalue weighted by Crippen LogP contribution is 2.64. The lowest BCUT2D eigenvalue weighted by molar-refractivity contribution is -0.166. The smallest absolute Gasteiger partial charge is 0.226 e. The summed E-state index contributed by atoms with van der Waals surface area (Å²) in [5.41, 5.74) is -0.527. The molecule has 0 radical (unpaired) electrons. The molecule has 4 aliphatic carbocycles. The summed E-state index contributed by atoms with van der Waals surface area (Å²) < 4.78 is 0. The molecule has 3 saturated carbocycles. The molecule has 7 heteroatoms. The first-order valence-corrected chi connectivity index (χ1v) is 14.9. The maximum Gasteiger partial charge on any atom is 0.226 e. The van der Waals surface area contributed by atoms with Gasteiger partial charge in [0.25, 0.3) is 0 Å². The third kappa shape index (κ3) is 4.49. The second-order valence-corrected chi connectivity index (χ2v) is 13.5. The van der Waals surface area contributed by atoms with Gasteiger partial charge in [0.05, 0.1) is 17.8 Å². The van der Waals surface area contributed by atoms with Crippen LogP contribution < -0.4 is 0 Å². The van der Waals surface area contributed by atoms with Crippen molar-refractivity contribution >= 4 is 11.7 Å². The van der Waals surface area contributed by atoms with Crippen LogP contribution in [0.4, 0.5) is 0 Å². The molecule has 4 aliphatic rings. The first-order valence-electron chi connectivity index (χ1n) is 14.9. The number of ketones is 1. The van der Waals surface area contributed by atoms with Gasteiger partial charge < -0.3 is 20.2 Å². The van der Waals surface area contributed by atoms with Crippen LogP contribution in [-0.2, 0) is 16.1 Å². The predicted octanol–water partition coefficient (Wildman–Crippen LogP) is 4.05. The van der Waals surface area contributed by atoms with Gasteiger partial charge in [-0.2, -0.15) is 0 Å². The molecular weight excluding hydrogens is 492 g/mol. The largest absolute Gasteiger partial charge is 0.390 e. The van der Waals surface area contributed by atoms with Crippen molar-refractivity contribution in [2.45, 2.75) is 110 Å². The molecular formula is C32H46N2O5. The van der Waals surface area contributed by atoms with Crippen LogP contribution in [0.25, 0.3) is 0 Å². The van der Waals surface area contributed by atoms with Crippen LogP contribution in [0.1, 0.15) is 85.1 Å². The summed E-state index contributed by atoms with van der Waals surface area (Å²) in [7, 11) is 0. The highest BCUT2D eigenvalue weighted by Gasteiger charge is 2.64. The van der Waals surface area contributed by atoms with Crippen molar-refractivity contribution in [2.75, 3.05) is 0 Å². The Morgan fingerprint density at radius 2 is 1.87 bits per heavy atom. The van der Waals surface area contributed by atoms with Crippen molar-refractivity contribution in [3.63, 3.8) is 0 Å². The molecule has 5 rings (SSSR count). The Bertz CT molecular complexity index is 1130. The van der Waals surface area contributed by atoms with Gasteiger partial charge >= 0.3 is 0 Å². The lowest BCUT2D eigenvalue weighted by Crippen LogP contribution is -2.64. The molecule has 0 saturated heterocycles. The van der Waals surface area contributed by atoms with E-state index in [0.717, 1.165) is 36.8 Å². The molecule has 9 atom stereocenters. The standard InChI is InChI=1S/C32H46N2O5/c1-6-32(39)24-14-26(35)25-15-27(36)28(37)16-30(25,4)23(24)11-12-31(32,5)19(2)20(3)34(29(38)22-9-10-22)18-21-8-7-13-33-17-21/h7-8,13-14,17,19-20,22-23,25,27-28,36-37,39H,6,9-12,15-16,18H2,1-5H3/t19-,20?,23?,25+,27-,28+,30-,31-,32-/m1/s1. The van der Waals surface area contributed by atoms with Gasteiger partial charge in [-0.3, -0.25) is 14.6 Å². The van der Waals surface area contributed by atoms with E-state index in [1.165, 1.54) is 0 Å². The lowest BCUT2D eigenvalue weighted by atomic mass is 9.44. The summed E-state index contributed by atoms with van der Waals surface area (Å²) in [6.07, 6.45) is 7.94. The monoisotopic (exact) mass is 538 g/mol. The highest BCUT2D eigenvalue weighted by atomic mass is 16.3. The molecule has 0 spiro atoms. The molecule has 1 aromatic heterocycles. The molecule has 1 aromatic rings. The molecule has 3 fully saturated rings. The number of aliphatic hydroxyl groups is 3. The molecule has 1 heterocycles. The summed E-state index contributed by atoms with van der Waals surface area (Å²) in [4.78, 5) is 33.3. The summed E-state index contributed by atoms with van der Waals surface area (Å²) in [5.74, 6) is -0.238. The number of rotatable bonds is 7. The van der Waals surface area contributed by atoms with Crippen LogP contribution in [0.3, 0.4) is 0 Å². The Kier molecular flexibility index (Phi) is 7.35. The van der Waals surface area contributed by atoms with Crippen LogP contribution in [0.5, 0.6) is 0 Å². The van der Waals surface area contributed by atoms with Crippen molar-refractivity contribution in [1.29, 1.82) is 0 Å². The van der Waals surface area contributed by atoms with Crippen LogP contribution in [0.15, 0.2) is 36.2 Å². The predicted molar refractivity (Wildman–Crippen MR) is 148 cm³/mol. The van der Waals surface area contributed by atoms with E-state index in [9.17, 15) is 24.9 Å².